The summed E-state index contributed by atoms with van der Waals surface area (Å²) in [6.07, 6.45) is 0. The molecular formula is C14H10Br2ClNO. The van der Waals surface area contributed by atoms with Gasteiger partial charge in [-0.3, -0.25) is 4.79 Å². The molecule has 0 radical (unpaired) electrons. The van der Waals surface area contributed by atoms with Crippen LogP contribution in [0.3, 0.4) is 0 Å². The van der Waals surface area contributed by atoms with E-state index < -0.39 is 0 Å². The van der Waals surface area contributed by atoms with E-state index in [-0.39, 0.29) is 5.91 Å². The minimum absolute atomic E-state index is 0.162. The Bertz CT molecular complexity index is 616. The van der Waals surface area contributed by atoms with Crippen LogP contribution in [0.2, 0.25) is 5.02 Å². The Balaban J connectivity index is 2.10. The summed E-state index contributed by atoms with van der Waals surface area (Å²) in [6.45, 7) is 0.458. The molecule has 0 saturated carbocycles. The van der Waals surface area contributed by atoms with Crippen LogP contribution in [0.15, 0.2) is 51.4 Å². The summed E-state index contributed by atoms with van der Waals surface area (Å²) in [5.41, 5.74) is 1.55. The molecule has 0 aliphatic carbocycles. The first-order valence-corrected chi connectivity index (χ1v) is 7.51. The van der Waals surface area contributed by atoms with E-state index in [0.717, 1.165) is 14.5 Å². The number of amides is 1. The third-order valence-corrected chi connectivity index (χ3v) is 4.27. The molecule has 0 spiro atoms. The van der Waals surface area contributed by atoms with Crippen LogP contribution < -0.4 is 5.32 Å². The summed E-state index contributed by atoms with van der Waals surface area (Å²) in [5.74, 6) is -0.162. The number of hydrogen-bond donors (Lipinski definition) is 1. The lowest BCUT2D eigenvalue weighted by Crippen LogP contribution is -2.23. The first kappa shape index (κ1) is 14.6. The maximum absolute atomic E-state index is 12.1. The van der Waals surface area contributed by atoms with Gasteiger partial charge in [-0.2, -0.15) is 0 Å². The zero-order valence-electron chi connectivity index (χ0n) is 9.79. The van der Waals surface area contributed by atoms with Crippen molar-refractivity contribution < 1.29 is 4.79 Å². The third kappa shape index (κ3) is 3.81. The van der Waals surface area contributed by atoms with Crippen LogP contribution in [-0.4, -0.2) is 5.91 Å². The summed E-state index contributed by atoms with van der Waals surface area (Å²) in [5, 5.41) is 3.40. The van der Waals surface area contributed by atoms with E-state index in [0.29, 0.717) is 17.1 Å². The maximum atomic E-state index is 12.1. The molecule has 2 aromatic rings. The Morgan fingerprint density at radius 1 is 1.11 bits per heavy atom. The molecule has 2 rings (SSSR count). The number of carbonyl (C=O) groups excluding carboxylic acids is 1. The van der Waals surface area contributed by atoms with Gasteiger partial charge >= 0.3 is 0 Å². The van der Waals surface area contributed by atoms with Crippen molar-refractivity contribution in [1.82, 2.24) is 5.32 Å². The number of benzene rings is 2. The Labute approximate surface area is 133 Å². The molecule has 0 atom stereocenters. The van der Waals surface area contributed by atoms with Gasteiger partial charge in [0.05, 0.1) is 5.56 Å². The van der Waals surface area contributed by atoms with Crippen LogP contribution >= 0.6 is 43.5 Å². The molecule has 0 heterocycles. The van der Waals surface area contributed by atoms with E-state index in [1.54, 1.807) is 18.2 Å². The number of halogens is 3. The molecule has 98 valence electrons. The van der Waals surface area contributed by atoms with Crippen LogP contribution in [0.25, 0.3) is 0 Å². The monoisotopic (exact) mass is 401 g/mol. The van der Waals surface area contributed by atoms with E-state index in [9.17, 15) is 4.79 Å². The molecule has 0 bridgehead atoms. The van der Waals surface area contributed by atoms with Gasteiger partial charge in [-0.15, -0.1) is 0 Å². The van der Waals surface area contributed by atoms with Crippen molar-refractivity contribution in [1.29, 1.82) is 0 Å². The minimum atomic E-state index is -0.162. The zero-order chi connectivity index (χ0) is 13.8. The highest BCUT2D eigenvalue weighted by atomic mass is 79.9. The predicted octanol–water partition coefficient (Wildman–Crippen LogP) is 4.80. The molecule has 2 aromatic carbocycles. The second kappa shape index (κ2) is 6.55. The second-order valence-electron chi connectivity index (χ2n) is 3.90. The molecule has 0 saturated heterocycles. The number of rotatable bonds is 3. The minimum Gasteiger partial charge on any atom is -0.348 e. The fourth-order valence-electron chi connectivity index (χ4n) is 1.58. The number of carbonyl (C=O) groups is 1. The van der Waals surface area contributed by atoms with Gasteiger partial charge in [0.25, 0.3) is 5.91 Å². The Morgan fingerprint density at radius 3 is 2.58 bits per heavy atom. The van der Waals surface area contributed by atoms with Crippen molar-refractivity contribution in [3.8, 4) is 0 Å². The highest BCUT2D eigenvalue weighted by molar-refractivity contribution is 9.10. The summed E-state index contributed by atoms with van der Waals surface area (Å²) < 4.78 is 1.70. The van der Waals surface area contributed by atoms with Gasteiger partial charge in [-0.25, -0.2) is 0 Å². The second-order valence-corrected chi connectivity index (χ2v) is 6.04. The predicted molar refractivity (Wildman–Crippen MR) is 84.5 cm³/mol. The smallest absolute Gasteiger partial charge is 0.252 e. The fraction of sp³-hybridized carbons (Fsp3) is 0.0714. The highest BCUT2D eigenvalue weighted by Crippen LogP contribution is 2.21. The largest absolute Gasteiger partial charge is 0.348 e. The standard InChI is InChI=1S/C14H10Br2ClNO/c15-12-4-2-1-3-9(12)8-18-14(19)11-7-10(17)5-6-13(11)16/h1-7H,8H2,(H,18,19). The molecule has 0 aromatic heterocycles. The van der Waals surface area contributed by atoms with Crippen molar-refractivity contribution in [2.24, 2.45) is 0 Å². The summed E-state index contributed by atoms with van der Waals surface area (Å²) in [4.78, 5) is 12.1. The Hall–Kier alpha value is -0.840. The van der Waals surface area contributed by atoms with Crippen LogP contribution in [0.5, 0.6) is 0 Å². The SMILES string of the molecule is O=C(NCc1ccccc1Br)c1cc(Cl)ccc1Br. The Morgan fingerprint density at radius 2 is 1.84 bits per heavy atom. The van der Waals surface area contributed by atoms with Crippen molar-refractivity contribution in [3.05, 3.63) is 67.6 Å². The van der Waals surface area contributed by atoms with E-state index >= 15 is 0 Å². The lowest BCUT2D eigenvalue weighted by molar-refractivity contribution is 0.0950. The number of nitrogens with one attached hydrogen (secondary N) is 1. The molecule has 0 unspecified atom stereocenters. The van der Waals surface area contributed by atoms with Gasteiger partial charge < -0.3 is 5.32 Å². The van der Waals surface area contributed by atoms with Crippen LogP contribution in [0.1, 0.15) is 15.9 Å². The van der Waals surface area contributed by atoms with Crippen molar-refractivity contribution in [3.63, 3.8) is 0 Å². The van der Waals surface area contributed by atoms with Crippen molar-refractivity contribution >= 4 is 49.4 Å². The molecule has 0 aliphatic rings. The van der Waals surface area contributed by atoms with Gasteiger partial charge in [0, 0.05) is 20.5 Å². The van der Waals surface area contributed by atoms with Gasteiger partial charge in [-0.1, -0.05) is 45.7 Å². The van der Waals surface area contributed by atoms with E-state index in [2.05, 4.69) is 37.2 Å². The Kier molecular flexibility index (Phi) is 5.02. The molecule has 5 heteroatoms. The lowest BCUT2D eigenvalue weighted by Gasteiger charge is -2.08. The quantitative estimate of drug-likeness (QED) is 0.784. The normalized spacial score (nSPS) is 10.3. The first-order valence-electron chi connectivity index (χ1n) is 5.54. The van der Waals surface area contributed by atoms with Crippen LogP contribution in [-0.2, 0) is 6.54 Å². The number of hydrogen-bond acceptors (Lipinski definition) is 1. The molecule has 1 N–H and O–H groups in total. The molecule has 1 amide bonds. The summed E-state index contributed by atoms with van der Waals surface area (Å²) >= 11 is 12.7. The zero-order valence-corrected chi connectivity index (χ0v) is 13.7. The summed E-state index contributed by atoms with van der Waals surface area (Å²) in [7, 11) is 0. The molecule has 0 aliphatic heterocycles. The summed E-state index contributed by atoms with van der Waals surface area (Å²) in [6, 6.07) is 12.9. The maximum Gasteiger partial charge on any atom is 0.252 e. The van der Waals surface area contributed by atoms with E-state index in [4.69, 9.17) is 11.6 Å². The van der Waals surface area contributed by atoms with Crippen LogP contribution in [0, 0.1) is 0 Å². The molecular weight excluding hydrogens is 393 g/mol. The third-order valence-electron chi connectivity index (χ3n) is 2.57. The van der Waals surface area contributed by atoms with Crippen molar-refractivity contribution in [2.75, 3.05) is 0 Å². The van der Waals surface area contributed by atoms with Crippen LogP contribution in [0.4, 0.5) is 0 Å². The molecule has 2 nitrogen and oxygen atoms in total. The van der Waals surface area contributed by atoms with Gasteiger partial charge in [0.1, 0.15) is 0 Å². The molecule has 19 heavy (non-hydrogen) atoms. The fourth-order valence-corrected chi connectivity index (χ4v) is 2.61. The lowest BCUT2D eigenvalue weighted by atomic mass is 10.2. The van der Waals surface area contributed by atoms with Gasteiger partial charge in [-0.05, 0) is 45.8 Å². The topological polar surface area (TPSA) is 29.1 Å². The average Bonchev–Trinajstić information content (AvgIpc) is 2.40. The van der Waals surface area contributed by atoms with E-state index in [1.165, 1.54) is 0 Å². The highest BCUT2D eigenvalue weighted by Gasteiger charge is 2.10. The molecule has 0 fully saturated rings. The van der Waals surface area contributed by atoms with Gasteiger partial charge in [0.15, 0.2) is 0 Å². The van der Waals surface area contributed by atoms with Crippen molar-refractivity contribution in [2.45, 2.75) is 6.54 Å². The van der Waals surface area contributed by atoms with E-state index in [1.807, 2.05) is 24.3 Å². The average molecular weight is 404 g/mol. The first-order chi connectivity index (χ1) is 9.08. The van der Waals surface area contributed by atoms with Gasteiger partial charge in [0.2, 0.25) is 0 Å².